The van der Waals surface area contributed by atoms with Gasteiger partial charge in [0.25, 0.3) is 0 Å². The molecule has 0 saturated carbocycles. The van der Waals surface area contributed by atoms with Crippen LogP contribution in [-0.2, 0) is 22.7 Å². The van der Waals surface area contributed by atoms with Crippen LogP contribution in [0, 0.1) is 5.92 Å². The minimum Gasteiger partial charge on any atom is -0.477 e. The Bertz CT molecular complexity index is 718. The van der Waals surface area contributed by atoms with E-state index in [9.17, 15) is 0 Å². The topological polar surface area (TPSA) is 40.6 Å². The lowest BCUT2D eigenvalue weighted by Crippen LogP contribution is -2.32. The number of benzene rings is 1. The molecule has 3 heterocycles. The Hall–Kier alpha value is -0.880. The second-order valence-corrected chi connectivity index (χ2v) is 6.51. The number of aromatic nitrogens is 1. The third kappa shape index (κ3) is 2.32. The van der Waals surface area contributed by atoms with Crippen LogP contribution in [-0.4, -0.2) is 24.8 Å². The quantitative estimate of drug-likeness (QED) is 0.826. The van der Waals surface area contributed by atoms with Gasteiger partial charge in [-0.15, -0.1) is 0 Å². The van der Waals surface area contributed by atoms with Gasteiger partial charge in [0.05, 0.1) is 43.6 Å². The number of hydrogen-bond acceptors (Lipinski definition) is 4. The average molecular weight is 371 g/mol. The SMILES string of the molecule is Clc1c(Br)c2c(c3ccc(OCC4COC4)nc13)COC2. The average Bonchev–Trinajstić information content (AvgIpc) is 2.92. The van der Waals surface area contributed by atoms with E-state index in [1.54, 1.807) is 0 Å². The summed E-state index contributed by atoms with van der Waals surface area (Å²) in [6, 6.07) is 3.91. The smallest absolute Gasteiger partial charge is 0.213 e. The van der Waals surface area contributed by atoms with Crippen molar-refractivity contribution in [2.45, 2.75) is 13.2 Å². The first-order valence-corrected chi connectivity index (χ1v) is 7.99. The van der Waals surface area contributed by atoms with Crippen LogP contribution in [0.1, 0.15) is 11.1 Å². The predicted octanol–water partition coefficient (Wildman–Crippen LogP) is 3.71. The fourth-order valence-electron chi connectivity index (χ4n) is 2.62. The van der Waals surface area contributed by atoms with Crippen LogP contribution in [0.4, 0.5) is 0 Å². The Morgan fingerprint density at radius 2 is 2.05 bits per heavy atom. The van der Waals surface area contributed by atoms with E-state index in [0.717, 1.165) is 39.7 Å². The van der Waals surface area contributed by atoms with Crippen molar-refractivity contribution in [2.75, 3.05) is 19.8 Å². The monoisotopic (exact) mass is 369 g/mol. The summed E-state index contributed by atoms with van der Waals surface area (Å²) in [5, 5.41) is 1.65. The normalized spacial score (nSPS) is 17.8. The molecule has 0 amide bonds. The number of ether oxygens (including phenoxy) is 3. The third-order valence-corrected chi connectivity index (χ3v) is 5.36. The van der Waals surface area contributed by atoms with Crippen molar-refractivity contribution in [1.29, 1.82) is 0 Å². The molecule has 0 atom stereocenters. The van der Waals surface area contributed by atoms with Crippen molar-refractivity contribution in [3.63, 3.8) is 0 Å². The first-order chi connectivity index (χ1) is 10.2. The zero-order chi connectivity index (χ0) is 14.4. The van der Waals surface area contributed by atoms with Crippen LogP contribution in [0.25, 0.3) is 10.9 Å². The standard InChI is InChI=1S/C15H13BrClNO3/c16-13-11-7-20-6-10(11)9-1-2-12(18-15(9)14(13)17)21-5-8-3-19-4-8/h1-2,8H,3-7H2. The molecule has 1 fully saturated rings. The molecule has 6 heteroatoms. The Balaban J connectivity index is 1.73. The molecular formula is C15H13BrClNO3. The molecule has 2 aromatic rings. The first kappa shape index (κ1) is 13.8. The largest absolute Gasteiger partial charge is 0.477 e. The molecule has 0 spiro atoms. The summed E-state index contributed by atoms with van der Waals surface area (Å²) in [5.41, 5.74) is 3.04. The summed E-state index contributed by atoms with van der Waals surface area (Å²) >= 11 is 9.99. The fourth-order valence-corrected chi connectivity index (χ4v) is 3.42. The highest BCUT2D eigenvalue weighted by molar-refractivity contribution is 9.10. The molecule has 0 N–H and O–H groups in total. The van der Waals surface area contributed by atoms with Crippen LogP contribution in [0.3, 0.4) is 0 Å². The molecular weight excluding hydrogens is 358 g/mol. The minimum absolute atomic E-state index is 0.470. The van der Waals surface area contributed by atoms with E-state index in [0.29, 0.717) is 36.6 Å². The molecule has 2 aliphatic rings. The fraction of sp³-hybridized carbons (Fsp3) is 0.400. The maximum absolute atomic E-state index is 6.44. The lowest BCUT2D eigenvalue weighted by Gasteiger charge is -2.25. The summed E-state index contributed by atoms with van der Waals surface area (Å²) in [7, 11) is 0. The lowest BCUT2D eigenvalue weighted by molar-refractivity contribution is -0.0513. The molecule has 21 heavy (non-hydrogen) atoms. The second-order valence-electron chi connectivity index (χ2n) is 5.34. The van der Waals surface area contributed by atoms with Gasteiger partial charge in [-0.25, -0.2) is 4.98 Å². The van der Waals surface area contributed by atoms with Gasteiger partial charge in [-0.05, 0) is 33.1 Å². The predicted molar refractivity (Wildman–Crippen MR) is 82.8 cm³/mol. The van der Waals surface area contributed by atoms with Gasteiger partial charge < -0.3 is 14.2 Å². The lowest BCUT2D eigenvalue weighted by atomic mass is 10.0. The van der Waals surface area contributed by atoms with Crippen LogP contribution >= 0.6 is 27.5 Å². The zero-order valence-electron chi connectivity index (χ0n) is 11.2. The van der Waals surface area contributed by atoms with Crippen molar-refractivity contribution < 1.29 is 14.2 Å². The number of nitrogens with zero attached hydrogens (tertiary/aromatic N) is 1. The molecule has 1 saturated heterocycles. The van der Waals surface area contributed by atoms with Crippen LogP contribution in [0.15, 0.2) is 16.6 Å². The maximum atomic E-state index is 6.44. The van der Waals surface area contributed by atoms with Gasteiger partial charge in [-0.1, -0.05) is 11.6 Å². The number of rotatable bonds is 3. The van der Waals surface area contributed by atoms with E-state index in [1.807, 2.05) is 12.1 Å². The maximum Gasteiger partial charge on any atom is 0.213 e. The Labute approximate surface area is 135 Å². The number of fused-ring (bicyclic) bond motifs is 3. The molecule has 4 rings (SSSR count). The van der Waals surface area contributed by atoms with Gasteiger partial charge in [0, 0.05) is 21.8 Å². The van der Waals surface area contributed by atoms with Gasteiger partial charge in [-0.2, -0.15) is 0 Å². The van der Waals surface area contributed by atoms with Gasteiger partial charge in [0.1, 0.15) is 0 Å². The number of hydrogen-bond donors (Lipinski definition) is 0. The molecule has 0 unspecified atom stereocenters. The highest BCUT2D eigenvalue weighted by atomic mass is 79.9. The van der Waals surface area contributed by atoms with Gasteiger partial charge in [-0.3, -0.25) is 0 Å². The molecule has 0 bridgehead atoms. The summed E-state index contributed by atoms with van der Waals surface area (Å²) < 4.78 is 17.3. The van der Waals surface area contributed by atoms with Crippen molar-refractivity contribution in [1.82, 2.24) is 4.98 Å². The van der Waals surface area contributed by atoms with Gasteiger partial charge in [0.2, 0.25) is 5.88 Å². The van der Waals surface area contributed by atoms with E-state index >= 15 is 0 Å². The van der Waals surface area contributed by atoms with E-state index in [1.165, 1.54) is 0 Å². The Morgan fingerprint density at radius 1 is 1.24 bits per heavy atom. The molecule has 0 radical (unpaired) electrons. The highest BCUT2D eigenvalue weighted by Crippen LogP contribution is 2.40. The molecule has 2 aliphatic heterocycles. The molecule has 110 valence electrons. The van der Waals surface area contributed by atoms with Crippen molar-refractivity contribution in [2.24, 2.45) is 5.92 Å². The van der Waals surface area contributed by atoms with E-state index in [4.69, 9.17) is 25.8 Å². The van der Waals surface area contributed by atoms with E-state index in [2.05, 4.69) is 20.9 Å². The van der Waals surface area contributed by atoms with E-state index < -0.39 is 0 Å². The minimum atomic E-state index is 0.470. The van der Waals surface area contributed by atoms with Crippen molar-refractivity contribution in [3.05, 3.63) is 32.8 Å². The summed E-state index contributed by atoms with van der Waals surface area (Å²) in [4.78, 5) is 4.56. The Kier molecular flexibility index (Phi) is 3.53. The van der Waals surface area contributed by atoms with Crippen LogP contribution in [0.5, 0.6) is 5.88 Å². The summed E-state index contributed by atoms with van der Waals surface area (Å²) in [6.07, 6.45) is 0. The Morgan fingerprint density at radius 3 is 2.81 bits per heavy atom. The molecule has 1 aromatic heterocycles. The summed E-state index contributed by atoms with van der Waals surface area (Å²) in [6.45, 7) is 3.36. The molecule has 4 nitrogen and oxygen atoms in total. The molecule has 1 aromatic carbocycles. The summed E-state index contributed by atoms with van der Waals surface area (Å²) in [5.74, 6) is 1.07. The molecule has 0 aliphatic carbocycles. The first-order valence-electron chi connectivity index (χ1n) is 6.82. The highest BCUT2D eigenvalue weighted by Gasteiger charge is 2.23. The van der Waals surface area contributed by atoms with Crippen molar-refractivity contribution >= 4 is 38.4 Å². The zero-order valence-corrected chi connectivity index (χ0v) is 13.5. The number of pyridine rings is 1. The second kappa shape index (κ2) is 5.39. The van der Waals surface area contributed by atoms with Crippen molar-refractivity contribution in [3.8, 4) is 5.88 Å². The van der Waals surface area contributed by atoms with Crippen LogP contribution < -0.4 is 4.74 Å². The van der Waals surface area contributed by atoms with Gasteiger partial charge in [0.15, 0.2) is 0 Å². The third-order valence-electron chi connectivity index (χ3n) is 3.89. The van der Waals surface area contributed by atoms with Crippen LogP contribution in [0.2, 0.25) is 5.02 Å². The van der Waals surface area contributed by atoms with Gasteiger partial charge >= 0.3 is 0 Å². The van der Waals surface area contributed by atoms with E-state index in [-0.39, 0.29) is 0 Å². The number of halogens is 2.